The van der Waals surface area contributed by atoms with E-state index in [1.165, 1.54) is 44.2 Å². The van der Waals surface area contributed by atoms with E-state index >= 15 is 0 Å². The van der Waals surface area contributed by atoms with Crippen molar-refractivity contribution >= 4 is 5.69 Å². The molecule has 1 nitrogen and oxygen atoms in total. The van der Waals surface area contributed by atoms with Crippen LogP contribution in [0.3, 0.4) is 0 Å². The monoisotopic (exact) mass is 243 g/mol. The fourth-order valence-corrected chi connectivity index (χ4v) is 3.99. The van der Waals surface area contributed by atoms with Gasteiger partial charge in [0.2, 0.25) is 0 Å². The van der Waals surface area contributed by atoms with Gasteiger partial charge in [0.05, 0.1) is 0 Å². The molecule has 1 aliphatic carbocycles. The molecule has 0 aromatic heterocycles. The maximum Gasteiger partial charge on any atom is 0.0375 e. The molecule has 1 saturated carbocycles. The molecule has 18 heavy (non-hydrogen) atoms. The fourth-order valence-electron chi connectivity index (χ4n) is 3.99. The van der Waals surface area contributed by atoms with Crippen molar-refractivity contribution in [3.63, 3.8) is 0 Å². The molecule has 2 aliphatic rings. The Morgan fingerprint density at radius 2 is 1.83 bits per heavy atom. The largest absolute Gasteiger partial charge is 0.385 e. The highest BCUT2D eigenvalue weighted by molar-refractivity contribution is 5.54. The van der Waals surface area contributed by atoms with Crippen molar-refractivity contribution < 1.29 is 0 Å². The number of hydrogen-bond donors (Lipinski definition) is 1. The van der Waals surface area contributed by atoms with Crippen LogP contribution in [0.1, 0.15) is 56.9 Å². The normalized spacial score (nSPS) is 31.5. The predicted molar refractivity (Wildman–Crippen MR) is 78.0 cm³/mol. The van der Waals surface area contributed by atoms with E-state index in [2.05, 4.69) is 36.5 Å². The third kappa shape index (κ3) is 2.28. The van der Waals surface area contributed by atoms with Crippen LogP contribution in [0.2, 0.25) is 0 Å². The van der Waals surface area contributed by atoms with E-state index in [4.69, 9.17) is 0 Å². The van der Waals surface area contributed by atoms with Gasteiger partial charge in [0.1, 0.15) is 0 Å². The first-order valence-corrected chi connectivity index (χ1v) is 7.71. The summed E-state index contributed by atoms with van der Waals surface area (Å²) in [7, 11) is 0. The molecule has 1 heterocycles. The summed E-state index contributed by atoms with van der Waals surface area (Å²) in [6, 6.07) is 8.95. The molecule has 0 bridgehead atoms. The van der Waals surface area contributed by atoms with Gasteiger partial charge < -0.3 is 5.32 Å². The SMILES string of the molecule is CCC1CCC(C2CCNc3ccccc32)CC1. The van der Waals surface area contributed by atoms with Gasteiger partial charge in [-0.05, 0) is 48.6 Å². The van der Waals surface area contributed by atoms with Gasteiger partial charge >= 0.3 is 0 Å². The number of fused-ring (bicyclic) bond motifs is 1. The second-order valence-electron chi connectivity index (χ2n) is 6.10. The van der Waals surface area contributed by atoms with E-state index in [9.17, 15) is 0 Å². The van der Waals surface area contributed by atoms with Crippen molar-refractivity contribution in [3.8, 4) is 0 Å². The molecule has 1 atom stereocenters. The summed E-state index contributed by atoms with van der Waals surface area (Å²) in [4.78, 5) is 0. The first-order chi connectivity index (χ1) is 8.88. The molecule has 0 saturated heterocycles. The van der Waals surface area contributed by atoms with Gasteiger partial charge in [-0.15, -0.1) is 0 Å². The maximum atomic E-state index is 3.55. The van der Waals surface area contributed by atoms with Crippen LogP contribution in [0.5, 0.6) is 0 Å². The summed E-state index contributed by atoms with van der Waals surface area (Å²) >= 11 is 0. The molecule has 1 aromatic rings. The Balaban J connectivity index is 1.74. The molecule has 0 spiro atoms. The third-order valence-corrected chi connectivity index (χ3v) is 5.17. The van der Waals surface area contributed by atoms with Crippen molar-refractivity contribution in [2.24, 2.45) is 11.8 Å². The Labute approximate surface area is 111 Å². The summed E-state index contributed by atoms with van der Waals surface area (Å²) in [5, 5.41) is 3.55. The number of rotatable bonds is 2. The second-order valence-corrected chi connectivity index (χ2v) is 6.10. The summed E-state index contributed by atoms with van der Waals surface area (Å²) in [5.74, 6) is 2.77. The van der Waals surface area contributed by atoms with Gasteiger partial charge in [-0.2, -0.15) is 0 Å². The zero-order valence-electron chi connectivity index (χ0n) is 11.5. The molecule has 3 rings (SSSR count). The zero-order valence-corrected chi connectivity index (χ0v) is 11.5. The molecular formula is C17H25N. The van der Waals surface area contributed by atoms with Crippen LogP contribution in [-0.4, -0.2) is 6.54 Å². The van der Waals surface area contributed by atoms with Crippen molar-refractivity contribution in [1.29, 1.82) is 0 Å². The lowest BCUT2D eigenvalue weighted by Crippen LogP contribution is -2.26. The summed E-state index contributed by atoms with van der Waals surface area (Å²) in [5.41, 5.74) is 2.98. The number of hydrogen-bond acceptors (Lipinski definition) is 1. The lowest BCUT2D eigenvalue weighted by atomic mass is 9.71. The molecule has 0 radical (unpaired) electrons. The Morgan fingerprint density at radius 1 is 1.06 bits per heavy atom. The van der Waals surface area contributed by atoms with E-state index in [-0.39, 0.29) is 0 Å². The van der Waals surface area contributed by atoms with Crippen molar-refractivity contribution in [2.75, 3.05) is 11.9 Å². The Bertz CT molecular complexity index is 390. The lowest BCUT2D eigenvalue weighted by molar-refractivity contribution is 0.232. The van der Waals surface area contributed by atoms with Gasteiger partial charge in [0, 0.05) is 12.2 Å². The number of anilines is 1. The van der Waals surface area contributed by atoms with Crippen LogP contribution in [0.25, 0.3) is 0 Å². The molecule has 1 heteroatoms. The van der Waals surface area contributed by atoms with E-state index < -0.39 is 0 Å². The van der Waals surface area contributed by atoms with E-state index in [0.717, 1.165) is 24.3 Å². The van der Waals surface area contributed by atoms with E-state index in [1.54, 1.807) is 5.56 Å². The number of nitrogens with one attached hydrogen (secondary N) is 1. The van der Waals surface area contributed by atoms with Gasteiger partial charge in [-0.25, -0.2) is 0 Å². The summed E-state index contributed by atoms with van der Waals surface area (Å²) in [6.45, 7) is 3.51. The van der Waals surface area contributed by atoms with Gasteiger partial charge in [-0.1, -0.05) is 44.4 Å². The fraction of sp³-hybridized carbons (Fsp3) is 0.647. The van der Waals surface area contributed by atoms with E-state index in [1.807, 2.05) is 0 Å². The molecule has 98 valence electrons. The van der Waals surface area contributed by atoms with Crippen molar-refractivity contribution in [2.45, 2.75) is 51.4 Å². The maximum absolute atomic E-state index is 3.55. The number of benzene rings is 1. The Morgan fingerprint density at radius 3 is 2.61 bits per heavy atom. The van der Waals surface area contributed by atoms with Crippen LogP contribution in [0, 0.1) is 11.8 Å². The highest BCUT2D eigenvalue weighted by Crippen LogP contribution is 2.44. The van der Waals surface area contributed by atoms with Crippen LogP contribution < -0.4 is 5.32 Å². The topological polar surface area (TPSA) is 12.0 Å². The minimum Gasteiger partial charge on any atom is -0.385 e. The molecule has 0 amide bonds. The molecule has 1 unspecified atom stereocenters. The molecule has 1 N–H and O–H groups in total. The molecule has 1 aromatic carbocycles. The smallest absolute Gasteiger partial charge is 0.0375 e. The van der Waals surface area contributed by atoms with E-state index in [0.29, 0.717) is 0 Å². The quantitative estimate of drug-likeness (QED) is 0.786. The van der Waals surface area contributed by atoms with Crippen molar-refractivity contribution in [3.05, 3.63) is 29.8 Å². The van der Waals surface area contributed by atoms with Crippen LogP contribution in [0.15, 0.2) is 24.3 Å². The Hall–Kier alpha value is -0.980. The van der Waals surface area contributed by atoms with Gasteiger partial charge in [0.15, 0.2) is 0 Å². The highest BCUT2D eigenvalue weighted by Gasteiger charge is 2.30. The predicted octanol–water partition coefficient (Wildman–Crippen LogP) is 4.80. The third-order valence-electron chi connectivity index (χ3n) is 5.17. The molecular weight excluding hydrogens is 218 g/mol. The minimum absolute atomic E-state index is 0.820. The van der Waals surface area contributed by atoms with Crippen molar-refractivity contribution in [1.82, 2.24) is 0 Å². The van der Waals surface area contributed by atoms with Gasteiger partial charge in [0.25, 0.3) is 0 Å². The summed E-state index contributed by atoms with van der Waals surface area (Å²) < 4.78 is 0. The first kappa shape index (κ1) is 12.1. The Kier molecular flexibility index (Phi) is 3.58. The van der Waals surface area contributed by atoms with Crippen LogP contribution in [0.4, 0.5) is 5.69 Å². The molecule has 1 aliphatic heterocycles. The molecule has 1 fully saturated rings. The average Bonchev–Trinajstić information content (AvgIpc) is 2.47. The van der Waals surface area contributed by atoms with Crippen LogP contribution >= 0.6 is 0 Å². The zero-order chi connectivity index (χ0) is 12.4. The lowest BCUT2D eigenvalue weighted by Gasteiger charge is -2.37. The first-order valence-electron chi connectivity index (χ1n) is 7.71. The number of para-hydroxylation sites is 1. The van der Waals surface area contributed by atoms with Gasteiger partial charge in [-0.3, -0.25) is 0 Å². The standard InChI is InChI=1S/C17H25N/c1-2-13-7-9-14(10-8-13)15-11-12-18-17-6-4-3-5-16(15)17/h3-6,13-15,18H,2,7-12H2,1H3. The second kappa shape index (κ2) is 5.34. The highest BCUT2D eigenvalue weighted by atomic mass is 14.9. The summed E-state index contributed by atoms with van der Waals surface area (Å²) in [6.07, 6.45) is 8.56. The average molecular weight is 243 g/mol. The van der Waals surface area contributed by atoms with Crippen LogP contribution in [-0.2, 0) is 0 Å². The minimum atomic E-state index is 0.820.